The highest BCUT2D eigenvalue weighted by atomic mass is 35.5. The van der Waals surface area contributed by atoms with Crippen LogP contribution in [0.4, 0.5) is 0 Å². The van der Waals surface area contributed by atoms with E-state index in [0.717, 1.165) is 0 Å². The molecule has 0 aliphatic carbocycles. The molecule has 0 radical (unpaired) electrons. The third kappa shape index (κ3) is 2.34. The molecule has 0 spiro atoms. The zero-order valence-corrected chi connectivity index (χ0v) is 7.54. The third-order valence-corrected chi connectivity index (χ3v) is 1.55. The number of carbonyl (C=O) groups excluding carboxylic acids is 1. The number of phenols is 2. The fraction of sp³-hybridized carbons (Fsp3) is 0.125. The number of aromatic hydroxyl groups is 2. The van der Waals surface area contributed by atoms with Crippen molar-refractivity contribution < 1.29 is 15.0 Å². The number of aldehydes is 1. The highest BCUT2D eigenvalue weighted by Gasteiger charge is 2.06. The van der Waals surface area contributed by atoms with Crippen molar-refractivity contribution >= 4 is 18.7 Å². The second kappa shape index (κ2) is 4.69. The molecule has 0 bridgehead atoms. The maximum atomic E-state index is 10.3. The van der Waals surface area contributed by atoms with E-state index in [9.17, 15) is 9.90 Å². The number of hydrogen-bond acceptors (Lipinski definition) is 4. The second-order valence-electron chi connectivity index (χ2n) is 2.37. The molecule has 4 N–H and O–H groups in total. The molecule has 0 atom stereocenters. The Balaban J connectivity index is 0.00000144. The fourth-order valence-corrected chi connectivity index (χ4v) is 0.926. The molecule has 0 saturated carbocycles. The van der Waals surface area contributed by atoms with Gasteiger partial charge in [-0.3, -0.25) is 4.79 Å². The van der Waals surface area contributed by atoms with Gasteiger partial charge in [0.05, 0.1) is 0 Å². The standard InChI is InChI=1S/C8H9NO3.ClH/c9-3-6-1-5(4-10)2-7(11)8(6)12;/h1-2,4,11-12H,3,9H2;1H. The van der Waals surface area contributed by atoms with Crippen LogP contribution < -0.4 is 5.73 Å². The molecule has 0 heterocycles. The van der Waals surface area contributed by atoms with Crippen LogP contribution in [0.2, 0.25) is 0 Å². The van der Waals surface area contributed by atoms with E-state index in [1.165, 1.54) is 12.1 Å². The van der Waals surface area contributed by atoms with E-state index in [1.807, 2.05) is 0 Å². The van der Waals surface area contributed by atoms with Crippen molar-refractivity contribution in [1.82, 2.24) is 0 Å². The Morgan fingerprint density at radius 2 is 2.00 bits per heavy atom. The number of rotatable bonds is 2. The van der Waals surface area contributed by atoms with Gasteiger partial charge in [-0.05, 0) is 12.1 Å². The largest absolute Gasteiger partial charge is 0.504 e. The van der Waals surface area contributed by atoms with Crippen LogP contribution in [-0.4, -0.2) is 16.5 Å². The number of benzene rings is 1. The number of phenolic OH excluding ortho intramolecular Hbond substituents is 2. The zero-order chi connectivity index (χ0) is 9.14. The van der Waals surface area contributed by atoms with Gasteiger partial charge < -0.3 is 15.9 Å². The zero-order valence-electron chi connectivity index (χ0n) is 6.73. The van der Waals surface area contributed by atoms with Gasteiger partial charge in [-0.15, -0.1) is 12.4 Å². The van der Waals surface area contributed by atoms with E-state index in [1.54, 1.807) is 0 Å². The summed E-state index contributed by atoms with van der Waals surface area (Å²) in [7, 11) is 0. The minimum atomic E-state index is -0.319. The molecule has 0 saturated heterocycles. The van der Waals surface area contributed by atoms with Gasteiger partial charge in [0.1, 0.15) is 6.29 Å². The first-order chi connectivity index (χ1) is 5.69. The number of nitrogens with two attached hydrogens (primary N) is 1. The molecule has 0 aromatic heterocycles. The molecule has 1 rings (SSSR count). The van der Waals surface area contributed by atoms with E-state index >= 15 is 0 Å². The van der Waals surface area contributed by atoms with Crippen molar-refractivity contribution in [2.24, 2.45) is 5.73 Å². The number of carbonyl (C=O) groups is 1. The molecule has 13 heavy (non-hydrogen) atoms. The highest BCUT2D eigenvalue weighted by Crippen LogP contribution is 2.29. The lowest BCUT2D eigenvalue weighted by Crippen LogP contribution is -1.97. The molecule has 5 heteroatoms. The van der Waals surface area contributed by atoms with Crippen molar-refractivity contribution in [3.63, 3.8) is 0 Å². The van der Waals surface area contributed by atoms with Gasteiger partial charge in [-0.1, -0.05) is 0 Å². The van der Waals surface area contributed by atoms with Crippen LogP contribution in [0.25, 0.3) is 0 Å². The van der Waals surface area contributed by atoms with Crippen LogP contribution in [0.3, 0.4) is 0 Å². The van der Waals surface area contributed by atoms with Crippen LogP contribution in [0.1, 0.15) is 15.9 Å². The summed E-state index contributed by atoms with van der Waals surface area (Å²) in [5.41, 5.74) is 5.91. The van der Waals surface area contributed by atoms with E-state index in [2.05, 4.69) is 0 Å². The van der Waals surface area contributed by atoms with Gasteiger partial charge in [-0.2, -0.15) is 0 Å². The van der Waals surface area contributed by atoms with Gasteiger partial charge in [0.15, 0.2) is 11.5 Å². The van der Waals surface area contributed by atoms with E-state index in [0.29, 0.717) is 17.4 Å². The first kappa shape index (κ1) is 11.7. The van der Waals surface area contributed by atoms with Crippen LogP contribution in [-0.2, 0) is 6.54 Å². The quantitative estimate of drug-likeness (QED) is 0.490. The summed E-state index contributed by atoms with van der Waals surface area (Å²) in [5.74, 6) is -0.580. The van der Waals surface area contributed by atoms with Crippen molar-refractivity contribution in [3.05, 3.63) is 23.3 Å². The summed E-state index contributed by atoms with van der Waals surface area (Å²) in [4.78, 5) is 10.3. The summed E-state index contributed by atoms with van der Waals surface area (Å²) >= 11 is 0. The molecule has 0 aliphatic heterocycles. The molecular formula is C8H10ClNO3. The topological polar surface area (TPSA) is 83.6 Å². The Hall–Kier alpha value is -1.26. The molecule has 4 nitrogen and oxygen atoms in total. The molecular weight excluding hydrogens is 194 g/mol. The summed E-state index contributed by atoms with van der Waals surface area (Å²) in [6, 6.07) is 2.61. The Labute approximate surface area is 81.4 Å². The summed E-state index contributed by atoms with van der Waals surface area (Å²) in [5, 5.41) is 18.3. The summed E-state index contributed by atoms with van der Waals surface area (Å²) in [6.07, 6.45) is 0.582. The molecule has 0 fully saturated rings. The molecule has 1 aromatic rings. The van der Waals surface area contributed by atoms with Gasteiger partial charge in [0.2, 0.25) is 0 Å². The maximum absolute atomic E-state index is 10.3. The molecule has 0 aliphatic rings. The molecule has 0 unspecified atom stereocenters. The van der Waals surface area contributed by atoms with Gasteiger partial charge >= 0.3 is 0 Å². The monoisotopic (exact) mass is 203 g/mol. The van der Waals surface area contributed by atoms with Crippen molar-refractivity contribution in [1.29, 1.82) is 0 Å². The number of hydrogen-bond donors (Lipinski definition) is 3. The molecule has 1 aromatic carbocycles. The lowest BCUT2D eigenvalue weighted by atomic mass is 10.1. The SMILES string of the molecule is Cl.NCc1cc(C=O)cc(O)c1O. The van der Waals surface area contributed by atoms with E-state index < -0.39 is 0 Å². The fourth-order valence-electron chi connectivity index (χ4n) is 0.926. The second-order valence-corrected chi connectivity index (χ2v) is 2.37. The normalized spacial score (nSPS) is 9.00. The highest BCUT2D eigenvalue weighted by molar-refractivity contribution is 5.85. The average molecular weight is 204 g/mol. The van der Waals surface area contributed by atoms with E-state index in [4.69, 9.17) is 10.8 Å². The predicted octanol–water partition coefficient (Wildman–Crippen LogP) is 0.791. The van der Waals surface area contributed by atoms with Gasteiger partial charge in [0, 0.05) is 17.7 Å². The Morgan fingerprint density at radius 1 is 1.38 bits per heavy atom. The number of halogens is 1. The average Bonchev–Trinajstić information content (AvgIpc) is 2.09. The first-order valence-electron chi connectivity index (χ1n) is 3.39. The predicted molar refractivity (Wildman–Crippen MR) is 50.3 cm³/mol. The Bertz CT molecular complexity index is 315. The van der Waals surface area contributed by atoms with Crippen molar-refractivity contribution in [2.45, 2.75) is 6.54 Å². The lowest BCUT2D eigenvalue weighted by Gasteiger charge is -2.04. The van der Waals surface area contributed by atoms with E-state index in [-0.39, 0.29) is 30.5 Å². The molecule has 0 amide bonds. The Morgan fingerprint density at radius 3 is 2.46 bits per heavy atom. The summed E-state index contributed by atoms with van der Waals surface area (Å²) < 4.78 is 0. The van der Waals surface area contributed by atoms with Gasteiger partial charge in [0.25, 0.3) is 0 Å². The smallest absolute Gasteiger partial charge is 0.162 e. The first-order valence-corrected chi connectivity index (χ1v) is 3.39. The molecule has 72 valence electrons. The van der Waals surface area contributed by atoms with Crippen LogP contribution in [0.15, 0.2) is 12.1 Å². The lowest BCUT2D eigenvalue weighted by molar-refractivity contribution is 0.112. The van der Waals surface area contributed by atoms with Gasteiger partial charge in [-0.25, -0.2) is 0 Å². The van der Waals surface area contributed by atoms with Crippen molar-refractivity contribution in [3.8, 4) is 11.5 Å². The Kier molecular flexibility index (Phi) is 4.23. The van der Waals surface area contributed by atoms with Crippen LogP contribution in [0.5, 0.6) is 11.5 Å². The van der Waals surface area contributed by atoms with Crippen LogP contribution >= 0.6 is 12.4 Å². The third-order valence-electron chi connectivity index (χ3n) is 1.55. The minimum absolute atomic E-state index is 0. The van der Waals surface area contributed by atoms with Crippen LogP contribution in [0, 0.1) is 0 Å². The minimum Gasteiger partial charge on any atom is -0.504 e. The van der Waals surface area contributed by atoms with Crippen molar-refractivity contribution in [2.75, 3.05) is 0 Å². The maximum Gasteiger partial charge on any atom is 0.162 e. The summed E-state index contributed by atoms with van der Waals surface area (Å²) in [6.45, 7) is 0.0844.